The first kappa shape index (κ1) is 9.85. The second-order valence-electron chi connectivity index (χ2n) is 2.26. The van der Waals surface area contributed by atoms with Crippen LogP contribution in [-0.4, -0.2) is 11.1 Å². The molecule has 1 heterocycles. The third-order valence-corrected chi connectivity index (χ3v) is 1.68. The zero-order chi connectivity index (χ0) is 9.68. The van der Waals surface area contributed by atoms with Crippen LogP contribution in [0.1, 0.15) is 5.76 Å². The average Bonchev–Trinajstić information content (AvgIpc) is 2.45. The monoisotopic (exact) mass is 245 g/mol. The van der Waals surface area contributed by atoms with Crippen molar-refractivity contribution in [3.63, 3.8) is 0 Å². The van der Waals surface area contributed by atoms with Crippen molar-refractivity contribution in [3.05, 3.63) is 34.8 Å². The van der Waals surface area contributed by atoms with Crippen molar-refractivity contribution in [1.82, 2.24) is 5.32 Å². The fraction of sp³-hybridized carbons (Fsp3) is 0.125. The fourth-order valence-electron chi connectivity index (χ4n) is 0.736. The lowest BCUT2D eigenvalue weighted by Gasteiger charge is -1.94. The maximum Gasteiger partial charge on any atom is 0.329 e. The van der Waals surface area contributed by atoms with Crippen molar-refractivity contribution >= 4 is 21.9 Å². The molecular weight excluding hydrogens is 238 g/mol. The molecule has 0 aliphatic heterocycles. The van der Waals surface area contributed by atoms with Gasteiger partial charge in [-0.15, -0.1) is 0 Å². The highest BCUT2D eigenvalue weighted by atomic mass is 79.9. The first-order chi connectivity index (χ1) is 6.18. The molecule has 0 saturated heterocycles. The SMILES string of the molecule is O=C(O)/C=C/NCc1ccc(Br)o1. The summed E-state index contributed by atoms with van der Waals surface area (Å²) < 4.78 is 5.82. The predicted octanol–water partition coefficient (Wildman–Crippen LogP) is 1.73. The first-order valence-electron chi connectivity index (χ1n) is 3.55. The van der Waals surface area contributed by atoms with Crippen LogP contribution in [0.4, 0.5) is 0 Å². The van der Waals surface area contributed by atoms with Crippen LogP contribution in [0.2, 0.25) is 0 Å². The van der Waals surface area contributed by atoms with Crippen LogP contribution in [0.15, 0.2) is 33.5 Å². The highest BCUT2D eigenvalue weighted by Crippen LogP contribution is 2.13. The molecule has 0 aliphatic rings. The molecule has 0 unspecified atom stereocenters. The third-order valence-electron chi connectivity index (χ3n) is 1.25. The van der Waals surface area contributed by atoms with Crippen LogP contribution in [0.5, 0.6) is 0 Å². The van der Waals surface area contributed by atoms with Gasteiger partial charge in [-0.25, -0.2) is 4.79 Å². The van der Waals surface area contributed by atoms with Crippen molar-refractivity contribution in [1.29, 1.82) is 0 Å². The summed E-state index contributed by atoms with van der Waals surface area (Å²) in [6.45, 7) is 0.468. The number of hydrogen-bond acceptors (Lipinski definition) is 3. The van der Waals surface area contributed by atoms with Gasteiger partial charge in [-0.3, -0.25) is 0 Å². The van der Waals surface area contributed by atoms with E-state index in [0.29, 0.717) is 11.2 Å². The number of nitrogens with one attached hydrogen (secondary N) is 1. The van der Waals surface area contributed by atoms with Crippen molar-refractivity contribution in [3.8, 4) is 0 Å². The molecule has 0 aliphatic carbocycles. The van der Waals surface area contributed by atoms with Gasteiger partial charge >= 0.3 is 5.97 Å². The van der Waals surface area contributed by atoms with Crippen LogP contribution in [0.25, 0.3) is 0 Å². The number of furan rings is 1. The van der Waals surface area contributed by atoms with Crippen LogP contribution in [-0.2, 0) is 11.3 Å². The summed E-state index contributed by atoms with van der Waals surface area (Å²) >= 11 is 3.16. The standard InChI is InChI=1S/C8H8BrNO3/c9-7-2-1-6(13-7)5-10-4-3-8(11)12/h1-4,10H,5H2,(H,11,12)/b4-3+. The number of halogens is 1. The van der Waals surface area contributed by atoms with E-state index in [9.17, 15) is 4.79 Å². The summed E-state index contributed by atoms with van der Waals surface area (Å²) in [4.78, 5) is 10.1. The van der Waals surface area contributed by atoms with Crippen LogP contribution in [0, 0.1) is 0 Å². The molecule has 0 fully saturated rings. The Labute approximate surface area is 83.4 Å². The molecule has 2 N–H and O–H groups in total. The van der Waals surface area contributed by atoms with E-state index in [2.05, 4.69) is 21.2 Å². The van der Waals surface area contributed by atoms with Crippen LogP contribution in [0.3, 0.4) is 0 Å². The van der Waals surface area contributed by atoms with Gasteiger partial charge in [0.1, 0.15) is 5.76 Å². The minimum absolute atomic E-state index is 0.468. The van der Waals surface area contributed by atoms with Gasteiger partial charge in [0.15, 0.2) is 4.67 Å². The van der Waals surface area contributed by atoms with E-state index >= 15 is 0 Å². The summed E-state index contributed by atoms with van der Waals surface area (Å²) in [7, 11) is 0. The van der Waals surface area contributed by atoms with E-state index in [0.717, 1.165) is 11.8 Å². The Balaban J connectivity index is 2.31. The second kappa shape index (κ2) is 4.71. The van der Waals surface area contributed by atoms with Crippen molar-refractivity contribution < 1.29 is 14.3 Å². The lowest BCUT2D eigenvalue weighted by atomic mass is 10.4. The van der Waals surface area contributed by atoms with Gasteiger partial charge in [0, 0.05) is 12.3 Å². The Hall–Kier alpha value is -1.23. The molecule has 0 radical (unpaired) electrons. The lowest BCUT2D eigenvalue weighted by Crippen LogP contribution is -2.04. The normalized spacial score (nSPS) is 10.5. The summed E-state index contributed by atoms with van der Waals surface area (Å²) in [5.74, 6) is -0.241. The van der Waals surface area contributed by atoms with Crippen LogP contribution >= 0.6 is 15.9 Å². The Bertz CT molecular complexity index is 319. The Kier molecular flexibility index (Phi) is 3.57. The van der Waals surface area contributed by atoms with Crippen molar-refractivity contribution in [2.75, 3.05) is 0 Å². The van der Waals surface area contributed by atoms with Gasteiger partial charge in [0.25, 0.3) is 0 Å². The smallest absolute Gasteiger partial charge is 0.329 e. The Morgan fingerprint density at radius 1 is 1.69 bits per heavy atom. The van der Waals surface area contributed by atoms with Gasteiger partial charge in [-0.2, -0.15) is 0 Å². The Morgan fingerprint density at radius 2 is 2.46 bits per heavy atom. The lowest BCUT2D eigenvalue weighted by molar-refractivity contribution is -0.131. The summed E-state index contributed by atoms with van der Waals surface area (Å²) in [6, 6.07) is 3.57. The molecule has 5 heteroatoms. The zero-order valence-corrected chi connectivity index (χ0v) is 8.24. The molecule has 1 aromatic heterocycles. The molecule has 13 heavy (non-hydrogen) atoms. The molecular formula is C8H8BrNO3. The maximum absolute atomic E-state index is 10.1. The zero-order valence-electron chi connectivity index (χ0n) is 6.66. The van der Waals surface area contributed by atoms with Gasteiger partial charge in [0.2, 0.25) is 0 Å². The number of carbonyl (C=O) groups is 1. The summed E-state index contributed by atoms with van der Waals surface area (Å²) in [5, 5.41) is 11.0. The molecule has 0 amide bonds. The largest absolute Gasteiger partial charge is 0.478 e. The van der Waals surface area contributed by atoms with E-state index in [4.69, 9.17) is 9.52 Å². The highest BCUT2D eigenvalue weighted by Gasteiger charge is 1.96. The van der Waals surface area contributed by atoms with Gasteiger partial charge in [0.05, 0.1) is 6.54 Å². The second-order valence-corrected chi connectivity index (χ2v) is 3.04. The molecule has 0 bridgehead atoms. The summed E-state index contributed by atoms with van der Waals surface area (Å²) in [5.41, 5.74) is 0. The molecule has 1 rings (SSSR count). The van der Waals surface area contributed by atoms with E-state index in [-0.39, 0.29) is 0 Å². The maximum atomic E-state index is 10.1. The van der Waals surface area contributed by atoms with Gasteiger partial charge in [-0.05, 0) is 28.1 Å². The molecule has 70 valence electrons. The van der Waals surface area contributed by atoms with Gasteiger partial charge in [-0.1, -0.05) is 0 Å². The molecule has 0 saturated carbocycles. The van der Waals surface area contributed by atoms with E-state index < -0.39 is 5.97 Å². The average molecular weight is 246 g/mol. The highest BCUT2D eigenvalue weighted by molar-refractivity contribution is 9.10. The fourth-order valence-corrected chi connectivity index (χ4v) is 1.08. The topological polar surface area (TPSA) is 62.5 Å². The van der Waals surface area contributed by atoms with Crippen molar-refractivity contribution in [2.45, 2.75) is 6.54 Å². The third kappa shape index (κ3) is 3.80. The molecule has 0 atom stereocenters. The van der Waals surface area contributed by atoms with Crippen molar-refractivity contribution in [2.24, 2.45) is 0 Å². The van der Waals surface area contributed by atoms with E-state index in [1.54, 1.807) is 12.1 Å². The quantitative estimate of drug-likeness (QED) is 0.794. The number of carboxylic acid groups (broad SMARTS) is 1. The molecule has 4 nitrogen and oxygen atoms in total. The number of carboxylic acids is 1. The molecule has 1 aromatic rings. The minimum Gasteiger partial charge on any atom is -0.478 e. The number of aliphatic carboxylic acids is 1. The molecule has 0 spiro atoms. The summed E-state index contributed by atoms with van der Waals surface area (Å²) in [6.07, 6.45) is 2.39. The number of hydrogen-bond donors (Lipinski definition) is 2. The number of rotatable bonds is 4. The Morgan fingerprint density at radius 3 is 3.00 bits per heavy atom. The van der Waals surface area contributed by atoms with Crippen LogP contribution < -0.4 is 5.32 Å². The molecule has 0 aromatic carbocycles. The van der Waals surface area contributed by atoms with Gasteiger partial charge < -0.3 is 14.8 Å². The van der Waals surface area contributed by atoms with E-state index in [1.165, 1.54) is 6.20 Å². The van der Waals surface area contributed by atoms with E-state index in [1.807, 2.05) is 0 Å². The first-order valence-corrected chi connectivity index (χ1v) is 4.35. The predicted molar refractivity (Wildman–Crippen MR) is 50.0 cm³/mol. The minimum atomic E-state index is -0.979.